The second kappa shape index (κ2) is 2.68. The molecule has 0 aromatic heterocycles. The van der Waals surface area contributed by atoms with Gasteiger partial charge in [-0.2, -0.15) is 5.10 Å². The molecule has 0 saturated heterocycles. The van der Waals surface area contributed by atoms with Gasteiger partial charge in [0, 0.05) is 13.5 Å². The zero-order valence-electron chi connectivity index (χ0n) is 6.16. The maximum absolute atomic E-state index is 10.3. The van der Waals surface area contributed by atoms with E-state index in [1.807, 2.05) is 18.9 Å². The van der Waals surface area contributed by atoms with Gasteiger partial charge in [0.05, 0.1) is 0 Å². The molecule has 1 atom stereocenters. The van der Waals surface area contributed by atoms with Gasteiger partial charge < -0.3 is 4.90 Å². The van der Waals surface area contributed by atoms with Crippen molar-refractivity contribution in [2.45, 2.75) is 19.5 Å². The van der Waals surface area contributed by atoms with Crippen LogP contribution in [0.5, 0.6) is 0 Å². The number of rotatable bonds is 2. The second-order valence-electron chi connectivity index (χ2n) is 2.20. The van der Waals surface area contributed by atoms with Gasteiger partial charge >= 0.3 is 0 Å². The molecule has 1 unspecified atom stereocenters. The minimum atomic E-state index is -0.255. The Kier molecular flexibility index (Phi) is 1.89. The van der Waals surface area contributed by atoms with Crippen LogP contribution in [0.4, 0.5) is 0 Å². The van der Waals surface area contributed by atoms with E-state index in [1.165, 1.54) is 0 Å². The van der Waals surface area contributed by atoms with Crippen LogP contribution < -0.4 is 5.43 Å². The number of nitrogens with zero attached hydrogens (tertiary/aromatic N) is 2. The van der Waals surface area contributed by atoms with Gasteiger partial charge in [0.25, 0.3) is 0 Å². The van der Waals surface area contributed by atoms with Gasteiger partial charge in [-0.3, -0.25) is 10.2 Å². The number of nitrogens with one attached hydrogen (secondary N) is 1. The maximum atomic E-state index is 10.3. The Hall–Kier alpha value is -1.06. The van der Waals surface area contributed by atoms with Crippen LogP contribution >= 0.6 is 0 Å². The van der Waals surface area contributed by atoms with Crippen molar-refractivity contribution in [2.24, 2.45) is 5.10 Å². The Morgan fingerprint density at radius 2 is 2.60 bits per heavy atom. The maximum Gasteiger partial charge on any atom is 0.172 e. The average Bonchev–Trinajstić information content (AvgIpc) is 2.30. The van der Waals surface area contributed by atoms with Crippen molar-refractivity contribution in [1.82, 2.24) is 10.3 Å². The van der Waals surface area contributed by atoms with Crippen molar-refractivity contribution in [3.8, 4) is 0 Å². The molecule has 0 spiro atoms. The first kappa shape index (κ1) is 7.05. The van der Waals surface area contributed by atoms with E-state index in [2.05, 4.69) is 10.5 Å². The summed E-state index contributed by atoms with van der Waals surface area (Å²) >= 11 is 0. The summed E-state index contributed by atoms with van der Waals surface area (Å²) in [5.41, 5.74) is 2.70. The fourth-order valence-corrected chi connectivity index (χ4v) is 0.917. The first-order chi connectivity index (χ1) is 4.79. The lowest BCUT2D eigenvalue weighted by atomic mass is 10.4. The summed E-state index contributed by atoms with van der Waals surface area (Å²) in [5.74, 6) is 0.928. The third kappa shape index (κ3) is 0.964. The molecular weight excluding hydrogens is 130 g/mol. The van der Waals surface area contributed by atoms with Gasteiger partial charge in [-0.25, -0.2) is 0 Å². The van der Waals surface area contributed by atoms with Crippen molar-refractivity contribution >= 4 is 12.1 Å². The molecule has 0 radical (unpaired) electrons. The van der Waals surface area contributed by atoms with E-state index >= 15 is 0 Å². The first-order valence-electron chi connectivity index (χ1n) is 3.29. The standard InChI is InChI=1S/C6H11N3O/c1-3-5-7-8-6(4-10)9(5)2/h4,6,8H,3H2,1-2H3. The quantitative estimate of drug-likeness (QED) is 0.540. The number of amidine groups is 1. The predicted octanol–water partition coefficient (Wildman–Crippen LogP) is -0.230. The van der Waals surface area contributed by atoms with Gasteiger partial charge in [0.15, 0.2) is 12.5 Å². The number of carbonyl (C=O) groups is 1. The van der Waals surface area contributed by atoms with Crippen LogP contribution in [0.25, 0.3) is 0 Å². The van der Waals surface area contributed by atoms with Gasteiger partial charge in [0.1, 0.15) is 5.84 Å². The normalized spacial score (nSPS) is 24.0. The Morgan fingerprint density at radius 3 is 2.90 bits per heavy atom. The molecule has 1 heterocycles. The topological polar surface area (TPSA) is 44.7 Å². The molecule has 4 heteroatoms. The summed E-state index contributed by atoms with van der Waals surface area (Å²) in [7, 11) is 1.85. The summed E-state index contributed by atoms with van der Waals surface area (Å²) < 4.78 is 0. The van der Waals surface area contributed by atoms with Gasteiger partial charge in [0.2, 0.25) is 0 Å². The first-order valence-corrected chi connectivity index (χ1v) is 3.29. The largest absolute Gasteiger partial charge is 0.334 e. The molecule has 1 aliphatic heterocycles. The molecule has 4 nitrogen and oxygen atoms in total. The van der Waals surface area contributed by atoms with E-state index < -0.39 is 0 Å². The lowest BCUT2D eigenvalue weighted by molar-refractivity contribution is -0.111. The monoisotopic (exact) mass is 141 g/mol. The van der Waals surface area contributed by atoms with Crippen LogP contribution in [0.2, 0.25) is 0 Å². The average molecular weight is 141 g/mol. The van der Waals surface area contributed by atoms with Crippen molar-refractivity contribution in [2.75, 3.05) is 7.05 Å². The zero-order valence-corrected chi connectivity index (χ0v) is 6.16. The molecule has 0 saturated carbocycles. The second-order valence-corrected chi connectivity index (χ2v) is 2.20. The molecule has 10 heavy (non-hydrogen) atoms. The third-order valence-electron chi connectivity index (χ3n) is 1.60. The molecule has 0 bridgehead atoms. The van der Waals surface area contributed by atoms with E-state index in [0.29, 0.717) is 0 Å². The van der Waals surface area contributed by atoms with Gasteiger partial charge in [-0.05, 0) is 0 Å². The number of carbonyl (C=O) groups excluding carboxylic acids is 1. The van der Waals surface area contributed by atoms with Crippen molar-refractivity contribution < 1.29 is 4.79 Å². The van der Waals surface area contributed by atoms with E-state index in [1.54, 1.807) is 0 Å². The molecule has 1 aliphatic rings. The number of hydrazone groups is 1. The van der Waals surface area contributed by atoms with Crippen LogP contribution in [0.15, 0.2) is 5.10 Å². The Bertz CT molecular complexity index is 166. The van der Waals surface area contributed by atoms with Crippen molar-refractivity contribution in [3.05, 3.63) is 0 Å². The van der Waals surface area contributed by atoms with Crippen LogP contribution in [-0.2, 0) is 4.79 Å². The molecule has 0 fully saturated rings. The van der Waals surface area contributed by atoms with E-state index in [4.69, 9.17) is 0 Å². The lowest BCUT2D eigenvalue weighted by Gasteiger charge is -2.15. The number of hydrogen-bond acceptors (Lipinski definition) is 4. The highest BCUT2D eigenvalue weighted by atomic mass is 16.1. The van der Waals surface area contributed by atoms with Crippen molar-refractivity contribution in [1.29, 1.82) is 0 Å². The van der Waals surface area contributed by atoms with Crippen LogP contribution in [0.1, 0.15) is 13.3 Å². The van der Waals surface area contributed by atoms with Crippen molar-refractivity contribution in [3.63, 3.8) is 0 Å². The molecule has 0 aromatic carbocycles. The van der Waals surface area contributed by atoms with Crippen LogP contribution in [-0.4, -0.2) is 30.2 Å². The fraction of sp³-hybridized carbons (Fsp3) is 0.667. The van der Waals surface area contributed by atoms with E-state index in [0.717, 1.165) is 18.5 Å². The summed E-state index contributed by atoms with van der Waals surface area (Å²) in [4.78, 5) is 12.1. The molecule has 1 rings (SSSR count). The van der Waals surface area contributed by atoms with Crippen LogP contribution in [0.3, 0.4) is 0 Å². The summed E-state index contributed by atoms with van der Waals surface area (Å²) in [6.45, 7) is 2.00. The Morgan fingerprint density at radius 1 is 1.90 bits per heavy atom. The van der Waals surface area contributed by atoms with Crippen LogP contribution in [0, 0.1) is 0 Å². The van der Waals surface area contributed by atoms with E-state index in [-0.39, 0.29) is 6.17 Å². The highest BCUT2D eigenvalue weighted by molar-refractivity contribution is 5.86. The smallest absolute Gasteiger partial charge is 0.172 e. The molecule has 0 aliphatic carbocycles. The molecule has 0 aromatic rings. The highest BCUT2D eigenvalue weighted by Gasteiger charge is 2.20. The van der Waals surface area contributed by atoms with Gasteiger partial charge in [-0.15, -0.1) is 0 Å². The Balaban J connectivity index is 2.59. The molecular formula is C6H11N3O. The SMILES string of the molecule is CCC1=NNC(C=O)N1C. The zero-order chi connectivity index (χ0) is 7.56. The fourth-order valence-electron chi connectivity index (χ4n) is 0.917. The summed E-state index contributed by atoms with van der Waals surface area (Å²) in [6, 6.07) is 0. The predicted molar refractivity (Wildman–Crippen MR) is 38.5 cm³/mol. The lowest BCUT2D eigenvalue weighted by Crippen LogP contribution is -2.37. The minimum absolute atomic E-state index is 0.255. The highest BCUT2D eigenvalue weighted by Crippen LogP contribution is 2.02. The summed E-state index contributed by atoms with van der Waals surface area (Å²) in [6.07, 6.45) is 1.44. The molecule has 0 amide bonds. The number of hydrogen-bond donors (Lipinski definition) is 1. The number of likely N-dealkylation sites (N-methyl/N-ethyl adjacent to an activating group) is 1. The minimum Gasteiger partial charge on any atom is -0.334 e. The Labute approximate surface area is 59.9 Å². The third-order valence-corrected chi connectivity index (χ3v) is 1.60. The van der Waals surface area contributed by atoms with Gasteiger partial charge in [-0.1, -0.05) is 6.92 Å². The molecule has 1 N–H and O–H groups in total. The van der Waals surface area contributed by atoms with E-state index in [9.17, 15) is 4.79 Å². The summed E-state index contributed by atoms with van der Waals surface area (Å²) in [5, 5.41) is 3.95. The molecule has 56 valence electrons. The number of aldehydes is 1.